The van der Waals surface area contributed by atoms with E-state index in [2.05, 4.69) is 10.3 Å². The summed E-state index contributed by atoms with van der Waals surface area (Å²) in [5.74, 6) is -0.217. The molecule has 26 heavy (non-hydrogen) atoms. The van der Waals surface area contributed by atoms with Crippen molar-refractivity contribution in [3.05, 3.63) is 28.1 Å². The third kappa shape index (κ3) is 3.12. The Kier molecular flexibility index (Phi) is 4.73. The molecule has 1 N–H and O–H groups in total. The fraction of sp³-hybridized carbons (Fsp3) is 0.529. The summed E-state index contributed by atoms with van der Waals surface area (Å²) < 4.78 is 1.88. The predicted octanol–water partition coefficient (Wildman–Crippen LogP) is -0.119. The SMILES string of the molecule is O=C([C@H]1CNCCN1C(=O)Cn1cnc2ccsc2c1=O)N1CCCC1. The summed E-state index contributed by atoms with van der Waals surface area (Å²) >= 11 is 1.32. The maximum absolute atomic E-state index is 12.9. The Labute approximate surface area is 154 Å². The van der Waals surface area contributed by atoms with E-state index in [1.165, 1.54) is 22.2 Å². The van der Waals surface area contributed by atoms with Crippen molar-refractivity contribution in [2.45, 2.75) is 25.4 Å². The monoisotopic (exact) mass is 375 g/mol. The molecule has 0 aliphatic carbocycles. The molecule has 2 saturated heterocycles. The van der Waals surface area contributed by atoms with Crippen molar-refractivity contribution < 1.29 is 9.59 Å². The second kappa shape index (κ2) is 7.16. The first kappa shape index (κ1) is 17.2. The lowest BCUT2D eigenvalue weighted by Crippen LogP contribution is -2.60. The van der Waals surface area contributed by atoms with Crippen molar-refractivity contribution in [1.82, 2.24) is 24.7 Å². The van der Waals surface area contributed by atoms with Crippen LogP contribution in [-0.2, 0) is 16.1 Å². The normalized spacial score (nSPS) is 20.7. The minimum atomic E-state index is -0.497. The first-order valence-corrected chi connectivity index (χ1v) is 9.75. The van der Waals surface area contributed by atoms with Crippen LogP contribution in [0.1, 0.15) is 12.8 Å². The van der Waals surface area contributed by atoms with Crippen LogP contribution < -0.4 is 10.9 Å². The van der Waals surface area contributed by atoms with Crippen LogP contribution in [0.25, 0.3) is 10.2 Å². The van der Waals surface area contributed by atoms with Crippen molar-refractivity contribution in [2.75, 3.05) is 32.7 Å². The van der Waals surface area contributed by atoms with Gasteiger partial charge in [-0.2, -0.15) is 0 Å². The van der Waals surface area contributed by atoms with Gasteiger partial charge in [-0.3, -0.25) is 19.0 Å². The van der Waals surface area contributed by atoms with E-state index in [0.29, 0.717) is 29.9 Å². The number of hydrogen-bond donors (Lipinski definition) is 1. The summed E-state index contributed by atoms with van der Waals surface area (Å²) in [5.41, 5.74) is 0.434. The molecule has 2 amide bonds. The topological polar surface area (TPSA) is 87.5 Å². The molecule has 0 radical (unpaired) electrons. The van der Waals surface area contributed by atoms with Crippen LogP contribution in [0.3, 0.4) is 0 Å². The van der Waals surface area contributed by atoms with E-state index in [9.17, 15) is 14.4 Å². The van der Waals surface area contributed by atoms with Gasteiger partial charge in [-0.1, -0.05) is 0 Å². The van der Waals surface area contributed by atoms with Crippen LogP contribution in [0.5, 0.6) is 0 Å². The summed E-state index contributed by atoms with van der Waals surface area (Å²) in [7, 11) is 0. The minimum absolute atomic E-state index is 0.00207. The fourth-order valence-corrected chi connectivity index (χ4v) is 4.39. The summed E-state index contributed by atoms with van der Waals surface area (Å²) in [6, 6.07) is 1.29. The van der Waals surface area contributed by atoms with Crippen molar-refractivity contribution in [2.24, 2.45) is 0 Å². The highest BCUT2D eigenvalue weighted by Crippen LogP contribution is 2.15. The molecule has 8 nitrogen and oxygen atoms in total. The zero-order valence-electron chi connectivity index (χ0n) is 14.4. The lowest BCUT2D eigenvalue weighted by Gasteiger charge is -2.37. The van der Waals surface area contributed by atoms with Gasteiger partial charge in [-0.15, -0.1) is 11.3 Å². The number of hydrogen-bond acceptors (Lipinski definition) is 6. The quantitative estimate of drug-likeness (QED) is 0.808. The Balaban J connectivity index is 1.53. The number of amides is 2. The van der Waals surface area contributed by atoms with E-state index < -0.39 is 6.04 Å². The molecule has 0 bridgehead atoms. The van der Waals surface area contributed by atoms with Gasteiger partial charge in [0, 0.05) is 32.7 Å². The summed E-state index contributed by atoms with van der Waals surface area (Å²) in [4.78, 5) is 45.8. The number of piperazine rings is 1. The Hall–Kier alpha value is -2.26. The molecule has 0 spiro atoms. The molecule has 2 aromatic rings. The number of fused-ring (bicyclic) bond motifs is 1. The summed E-state index contributed by atoms with van der Waals surface area (Å²) in [6.45, 7) is 2.99. The average Bonchev–Trinajstić information content (AvgIpc) is 3.35. The van der Waals surface area contributed by atoms with Crippen molar-refractivity contribution in [3.63, 3.8) is 0 Å². The van der Waals surface area contributed by atoms with Gasteiger partial charge in [-0.05, 0) is 24.3 Å². The molecule has 2 fully saturated rings. The third-order valence-electron chi connectivity index (χ3n) is 5.01. The number of carbonyl (C=O) groups excluding carboxylic acids is 2. The van der Waals surface area contributed by atoms with E-state index in [0.717, 1.165) is 25.9 Å². The standard InChI is InChI=1S/C17H21N5O3S/c23-14(10-21-11-19-12-3-8-26-15(12)17(21)25)22-7-4-18-9-13(22)16(24)20-5-1-2-6-20/h3,8,11,13,18H,1-2,4-7,9-10H2/t13-/m1/s1. The van der Waals surface area contributed by atoms with Crippen LogP contribution in [0.15, 0.2) is 22.6 Å². The van der Waals surface area contributed by atoms with Gasteiger partial charge >= 0.3 is 0 Å². The number of thiophene rings is 1. The van der Waals surface area contributed by atoms with Crippen LogP contribution in [0, 0.1) is 0 Å². The highest BCUT2D eigenvalue weighted by molar-refractivity contribution is 7.17. The number of nitrogens with one attached hydrogen (secondary N) is 1. The number of likely N-dealkylation sites (tertiary alicyclic amines) is 1. The smallest absolute Gasteiger partial charge is 0.271 e. The predicted molar refractivity (Wildman–Crippen MR) is 98.1 cm³/mol. The Morgan fingerprint density at radius 1 is 1.27 bits per heavy atom. The van der Waals surface area contributed by atoms with Crippen LogP contribution in [-0.4, -0.2) is 69.9 Å². The molecular weight excluding hydrogens is 354 g/mol. The lowest BCUT2D eigenvalue weighted by atomic mass is 10.1. The van der Waals surface area contributed by atoms with Crippen LogP contribution in [0.4, 0.5) is 0 Å². The van der Waals surface area contributed by atoms with Gasteiger partial charge in [-0.25, -0.2) is 4.98 Å². The highest BCUT2D eigenvalue weighted by Gasteiger charge is 2.35. The van der Waals surface area contributed by atoms with Crippen molar-refractivity contribution in [1.29, 1.82) is 0 Å². The average molecular weight is 375 g/mol. The Bertz CT molecular complexity index is 886. The van der Waals surface area contributed by atoms with Gasteiger partial charge in [0.2, 0.25) is 11.8 Å². The summed E-state index contributed by atoms with van der Waals surface area (Å²) in [6.07, 6.45) is 3.44. The Morgan fingerprint density at radius 2 is 2.08 bits per heavy atom. The zero-order chi connectivity index (χ0) is 18.1. The molecule has 9 heteroatoms. The number of carbonyl (C=O) groups is 2. The fourth-order valence-electron chi connectivity index (χ4n) is 3.60. The molecule has 4 heterocycles. The Morgan fingerprint density at radius 3 is 2.88 bits per heavy atom. The molecule has 1 atom stereocenters. The van der Waals surface area contributed by atoms with Crippen LogP contribution >= 0.6 is 11.3 Å². The van der Waals surface area contributed by atoms with Gasteiger partial charge in [0.15, 0.2) is 0 Å². The largest absolute Gasteiger partial charge is 0.341 e. The molecule has 4 rings (SSSR count). The van der Waals surface area contributed by atoms with Crippen LogP contribution in [0.2, 0.25) is 0 Å². The molecular formula is C17H21N5O3S. The van der Waals surface area contributed by atoms with E-state index in [1.807, 2.05) is 10.3 Å². The minimum Gasteiger partial charge on any atom is -0.341 e. The van der Waals surface area contributed by atoms with Crippen molar-refractivity contribution in [3.8, 4) is 0 Å². The molecule has 2 aromatic heterocycles. The van der Waals surface area contributed by atoms with E-state index >= 15 is 0 Å². The third-order valence-corrected chi connectivity index (χ3v) is 5.90. The van der Waals surface area contributed by atoms with Gasteiger partial charge in [0.05, 0.1) is 11.8 Å². The van der Waals surface area contributed by atoms with Gasteiger partial charge in [0.25, 0.3) is 5.56 Å². The van der Waals surface area contributed by atoms with E-state index in [-0.39, 0.29) is 23.9 Å². The molecule has 2 aliphatic rings. The summed E-state index contributed by atoms with van der Waals surface area (Å²) in [5, 5.41) is 5.01. The maximum atomic E-state index is 12.9. The number of aromatic nitrogens is 2. The highest BCUT2D eigenvalue weighted by atomic mass is 32.1. The van der Waals surface area contributed by atoms with Crippen molar-refractivity contribution >= 4 is 33.4 Å². The van der Waals surface area contributed by atoms with Gasteiger partial charge < -0.3 is 15.1 Å². The lowest BCUT2D eigenvalue weighted by molar-refractivity contribution is -0.146. The van der Waals surface area contributed by atoms with E-state index in [1.54, 1.807) is 11.0 Å². The van der Waals surface area contributed by atoms with Gasteiger partial charge in [0.1, 0.15) is 17.3 Å². The second-order valence-electron chi connectivity index (χ2n) is 6.65. The number of nitrogens with zero attached hydrogens (tertiary/aromatic N) is 4. The maximum Gasteiger partial charge on any atom is 0.271 e. The zero-order valence-corrected chi connectivity index (χ0v) is 15.2. The molecule has 0 saturated carbocycles. The molecule has 0 aromatic carbocycles. The number of rotatable bonds is 3. The molecule has 0 unspecified atom stereocenters. The second-order valence-corrected chi connectivity index (χ2v) is 7.57. The van der Waals surface area contributed by atoms with E-state index in [4.69, 9.17) is 0 Å². The molecule has 138 valence electrons. The first-order chi connectivity index (χ1) is 12.6. The first-order valence-electron chi connectivity index (χ1n) is 8.87. The molecule has 2 aliphatic heterocycles.